The Morgan fingerprint density at radius 1 is 0.293 bits per heavy atom. The minimum absolute atomic E-state index is 0.988. The van der Waals surface area contributed by atoms with Crippen LogP contribution in [0.1, 0.15) is 0 Å². The van der Waals surface area contributed by atoms with E-state index in [-0.39, 0.29) is 0 Å². The van der Waals surface area contributed by atoms with Crippen molar-refractivity contribution in [3.05, 3.63) is 200 Å². The Bertz CT molecular complexity index is 3660. The maximum absolute atomic E-state index is 5.21. The second-order valence-corrected chi connectivity index (χ2v) is 15.5. The average molecular weight is 736 g/mol. The van der Waals surface area contributed by atoms with Crippen LogP contribution in [-0.4, -0.2) is 14.1 Å². The first kappa shape index (κ1) is 31.5. The van der Waals surface area contributed by atoms with Gasteiger partial charge in [0.15, 0.2) is 0 Å². The van der Waals surface area contributed by atoms with Crippen LogP contribution in [0.15, 0.2) is 200 Å². The van der Waals surface area contributed by atoms with Crippen LogP contribution in [0, 0.1) is 0 Å². The summed E-state index contributed by atoms with van der Waals surface area (Å²) >= 11 is 0. The number of para-hydroxylation sites is 3. The predicted molar refractivity (Wildman–Crippen MR) is 243 cm³/mol. The number of hydrogen-bond acceptors (Lipinski definition) is 1. The van der Waals surface area contributed by atoms with Crippen LogP contribution in [0.3, 0.4) is 0 Å². The molecule has 1 aliphatic carbocycles. The molecular formula is C55H33N3. The lowest BCUT2D eigenvalue weighted by atomic mass is 9.94. The zero-order valence-corrected chi connectivity index (χ0v) is 31.4. The molecule has 0 radical (unpaired) electrons. The first-order valence-corrected chi connectivity index (χ1v) is 20.0. The summed E-state index contributed by atoms with van der Waals surface area (Å²) in [6, 6.07) is 73.1. The zero-order valence-electron chi connectivity index (χ0n) is 31.4. The van der Waals surface area contributed by atoms with Gasteiger partial charge in [0.1, 0.15) is 0 Å². The number of pyridine rings is 1. The summed E-state index contributed by atoms with van der Waals surface area (Å²) in [4.78, 5) is 5.21. The van der Waals surface area contributed by atoms with Gasteiger partial charge in [0.05, 0.1) is 33.3 Å². The highest BCUT2D eigenvalue weighted by atomic mass is 15.0. The Labute approximate surface area is 334 Å². The van der Waals surface area contributed by atoms with Crippen molar-refractivity contribution in [3.8, 4) is 56.0 Å². The highest BCUT2D eigenvalue weighted by molar-refractivity contribution is 6.25. The molecule has 0 fully saturated rings. The lowest BCUT2D eigenvalue weighted by molar-refractivity contribution is 1.18. The molecule has 0 aliphatic heterocycles. The molecule has 0 N–H and O–H groups in total. The highest BCUT2D eigenvalue weighted by Gasteiger charge is 2.23. The quantitative estimate of drug-likeness (QED) is 0.176. The van der Waals surface area contributed by atoms with E-state index in [4.69, 9.17) is 4.98 Å². The molecule has 9 aromatic carbocycles. The van der Waals surface area contributed by atoms with Gasteiger partial charge in [-0.1, -0.05) is 133 Å². The molecule has 3 heterocycles. The fourth-order valence-electron chi connectivity index (χ4n) is 9.95. The van der Waals surface area contributed by atoms with E-state index in [0.29, 0.717) is 0 Å². The molecule has 58 heavy (non-hydrogen) atoms. The van der Waals surface area contributed by atoms with Gasteiger partial charge in [-0.2, -0.15) is 0 Å². The lowest BCUT2D eigenvalue weighted by Gasteiger charge is -2.13. The maximum atomic E-state index is 5.21. The van der Waals surface area contributed by atoms with Gasteiger partial charge in [0, 0.05) is 43.9 Å². The van der Waals surface area contributed by atoms with Gasteiger partial charge in [0.2, 0.25) is 0 Å². The van der Waals surface area contributed by atoms with E-state index in [1.54, 1.807) is 0 Å². The van der Waals surface area contributed by atoms with Crippen molar-refractivity contribution in [2.45, 2.75) is 0 Å². The van der Waals surface area contributed by atoms with Gasteiger partial charge < -0.3 is 9.13 Å². The van der Waals surface area contributed by atoms with Crippen molar-refractivity contribution in [3.63, 3.8) is 0 Å². The molecule has 3 nitrogen and oxygen atoms in total. The first-order chi connectivity index (χ1) is 28.8. The lowest BCUT2D eigenvalue weighted by Crippen LogP contribution is -1.95. The summed E-state index contributed by atoms with van der Waals surface area (Å²) in [6.07, 6.45) is 0. The van der Waals surface area contributed by atoms with Crippen LogP contribution in [0.25, 0.3) is 121 Å². The van der Waals surface area contributed by atoms with Crippen molar-refractivity contribution in [1.29, 1.82) is 0 Å². The van der Waals surface area contributed by atoms with Gasteiger partial charge in [-0.15, -0.1) is 0 Å². The van der Waals surface area contributed by atoms with E-state index in [0.717, 1.165) is 22.5 Å². The van der Waals surface area contributed by atoms with Crippen LogP contribution in [0.4, 0.5) is 0 Å². The molecule has 1 aliphatic rings. The van der Waals surface area contributed by atoms with Gasteiger partial charge >= 0.3 is 0 Å². The molecule has 3 heteroatoms. The SMILES string of the molecule is c1ccc(-n2c3ccccc3c3cc(-c4cc5c(c6ccccc46)c4ccccc4n5-c4ccc(-c5cc6c7c(cccc7n5)-c5ccccc5-6)cc4)ccc32)cc1. The Hall–Kier alpha value is -7.75. The number of nitrogens with zero attached hydrogens (tertiary/aromatic N) is 3. The minimum atomic E-state index is 0.988. The molecule has 268 valence electrons. The second-order valence-electron chi connectivity index (χ2n) is 15.5. The van der Waals surface area contributed by atoms with E-state index >= 15 is 0 Å². The highest BCUT2D eigenvalue weighted by Crippen LogP contribution is 2.48. The summed E-state index contributed by atoms with van der Waals surface area (Å²) in [5, 5.41) is 8.78. The molecule has 0 saturated carbocycles. The smallest absolute Gasteiger partial charge is 0.0722 e. The molecule has 0 unspecified atom stereocenters. The monoisotopic (exact) mass is 735 g/mol. The summed E-state index contributed by atoms with van der Waals surface area (Å²) in [5.74, 6) is 0. The molecule has 12 aromatic rings. The van der Waals surface area contributed by atoms with Crippen molar-refractivity contribution >= 4 is 65.3 Å². The van der Waals surface area contributed by atoms with Gasteiger partial charge in [-0.05, 0) is 111 Å². The largest absolute Gasteiger partial charge is 0.309 e. The van der Waals surface area contributed by atoms with Crippen molar-refractivity contribution < 1.29 is 0 Å². The molecular weight excluding hydrogens is 703 g/mol. The third-order valence-electron chi connectivity index (χ3n) is 12.4. The molecule has 0 saturated heterocycles. The van der Waals surface area contributed by atoms with E-state index in [1.807, 2.05) is 0 Å². The molecule has 3 aromatic heterocycles. The Morgan fingerprint density at radius 3 is 1.69 bits per heavy atom. The number of fused-ring (bicyclic) bond motifs is 11. The minimum Gasteiger partial charge on any atom is -0.309 e. The van der Waals surface area contributed by atoms with Crippen molar-refractivity contribution in [2.24, 2.45) is 0 Å². The summed E-state index contributed by atoms with van der Waals surface area (Å²) < 4.78 is 4.83. The number of rotatable bonds is 4. The average Bonchev–Trinajstić information content (AvgIpc) is 3.93. The molecule has 0 spiro atoms. The molecule has 0 atom stereocenters. The fourth-order valence-corrected chi connectivity index (χ4v) is 9.95. The standard InChI is InChI=1S/C55H33N3/c1-2-13-36(14-3-1)57-50-23-10-8-18-41(50)46-31-35(27-30-52(46)57)45-33-53-55(43-19-7-6-17-40(43)45)44-20-9-11-24-51(44)58(53)37-28-25-34(26-29-37)49-32-47-39-16-5-4-15-38(39)42-21-12-22-48(56-49)54(42)47/h1-33H. The van der Waals surface area contributed by atoms with E-state index in [2.05, 4.69) is 209 Å². The molecule has 13 rings (SSSR count). The summed E-state index contributed by atoms with van der Waals surface area (Å²) in [6.45, 7) is 0. The zero-order chi connectivity index (χ0) is 37.9. The maximum Gasteiger partial charge on any atom is 0.0722 e. The predicted octanol–water partition coefficient (Wildman–Crippen LogP) is 14.6. The van der Waals surface area contributed by atoms with Crippen LogP contribution in [0.5, 0.6) is 0 Å². The van der Waals surface area contributed by atoms with Crippen LogP contribution in [-0.2, 0) is 0 Å². The fraction of sp³-hybridized carbons (Fsp3) is 0. The topological polar surface area (TPSA) is 22.8 Å². The van der Waals surface area contributed by atoms with Crippen molar-refractivity contribution in [1.82, 2.24) is 14.1 Å². The van der Waals surface area contributed by atoms with Gasteiger partial charge in [-0.3, -0.25) is 0 Å². The number of benzene rings is 9. The van der Waals surface area contributed by atoms with Gasteiger partial charge in [0.25, 0.3) is 0 Å². The Kier molecular flexibility index (Phi) is 6.44. The van der Waals surface area contributed by atoms with Crippen molar-refractivity contribution in [2.75, 3.05) is 0 Å². The van der Waals surface area contributed by atoms with Crippen LogP contribution in [0.2, 0.25) is 0 Å². The second kappa shape index (κ2) is 11.9. The Balaban J connectivity index is 1.01. The first-order valence-electron chi connectivity index (χ1n) is 20.0. The van der Waals surface area contributed by atoms with Crippen LogP contribution < -0.4 is 0 Å². The third-order valence-corrected chi connectivity index (χ3v) is 12.4. The number of hydrogen-bond donors (Lipinski definition) is 0. The Morgan fingerprint density at radius 2 is 0.879 bits per heavy atom. The van der Waals surface area contributed by atoms with E-state index < -0.39 is 0 Å². The van der Waals surface area contributed by atoms with Crippen LogP contribution >= 0.6 is 0 Å². The number of aromatic nitrogens is 3. The molecule has 0 bridgehead atoms. The normalized spacial score (nSPS) is 12.1. The molecule has 0 amide bonds. The summed E-state index contributed by atoms with van der Waals surface area (Å²) in [5.41, 5.74) is 17.7. The van der Waals surface area contributed by atoms with Gasteiger partial charge in [-0.25, -0.2) is 4.98 Å². The van der Waals surface area contributed by atoms with E-state index in [1.165, 1.54) is 98.8 Å². The van der Waals surface area contributed by atoms with E-state index in [9.17, 15) is 0 Å². The third kappa shape index (κ3) is 4.36. The summed E-state index contributed by atoms with van der Waals surface area (Å²) in [7, 11) is 0.